The molecule has 1 N–H and O–H groups in total. The minimum Gasteiger partial charge on any atom is -0.466 e. The SMILES string of the molecule is CCCc1nnc(NC(=O)c2cc(C)oc2C)s1. The van der Waals surface area contributed by atoms with Crippen molar-refractivity contribution in [3.8, 4) is 0 Å². The molecule has 5 nitrogen and oxygen atoms in total. The number of aryl methyl sites for hydroxylation is 3. The van der Waals surface area contributed by atoms with Crippen LogP contribution in [0, 0.1) is 13.8 Å². The lowest BCUT2D eigenvalue weighted by atomic mass is 10.2. The molecule has 6 heteroatoms. The van der Waals surface area contributed by atoms with Gasteiger partial charge in [-0.2, -0.15) is 0 Å². The Labute approximate surface area is 109 Å². The van der Waals surface area contributed by atoms with E-state index in [4.69, 9.17) is 4.42 Å². The van der Waals surface area contributed by atoms with Crippen molar-refractivity contribution in [3.05, 3.63) is 28.2 Å². The van der Waals surface area contributed by atoms with Crippen LogP contribution in [0.1, 0.15) is 40.2 Å². The number of aromatic nitrogens is 2. The molecular formula is C12H15N3O2S. The lowest BCUT2D eigenvalue weighted by Crippen LogP contribution is -2.11. The topological polar surface area (TPSA) is 68.0 Å². The number of hydrogen-bond donors (Lipinski definition) is 1. The Morgan fingerprint density at radius 3 is 2.83 bits per heavy atom. The van der Waals surface area contributed by atoms with Crippen molar-refractivity contribution in [2.24, 2.45) is 0 Å². The van der Waals surface area contributed by atoms with E-state index in [-0.39, 0.29) is 5.91 Å². The predicted octanol–water partition coefficient (Wildman–Crippen LogP) is 2.95. The molecule has 2 aromatic rings. The summed E-state index contributed by atoms with van der Waals surface area (Å²) < 4.78 is 5.32. The first-order chi connectivity index (χ1) is 8.60. The number of carbonyl (C=O) groups is 1. The van der Waals surface area contributed by atoms with E-state index in [9.17, 15) is 4.79 Å². The molecule has 18 heavy (non-hydrogen) atoms. The number of nitrogens with zero attached hydrogens (tertiary/aromatic N) is 2. The average Bonchev–Trinajstić information content (AvgIpc) is 2.86. The monoisotopic (exact) mass is 265 g/mol. The number of hydrogen-bond acceptors (Lipinski definition) is 5. The number of nitrogens with one attached hydrogen (secondary N) is 1. The zero-order valence-electron chi connectivity index (χ0n) is 10.6. The molecule has 0 aliphatic heterocycles. The molecule has 1 amide bonds. The van der Waals surface area contributed by atoms with E-state index in [1.54, 1.807) is 13.0 Å². The minimum absolute atomic E-state index is 0.205. The zero-order chi connectivity index (χ0) is 13.1. The molecule has 2 aromatic heterocycles. The van der Waals surface area contributed by atoms with Gasteiger partial charge in [-0.1, -0.05) is 18.3 Å². The van der Waals surface area contributed by atoms with Gasteiger partial charge in [-0.25, -0.2) is 0 Å². The van der Waals surface area contributed by atoms with Crippen LogP contribution in [0.25, 0.3) is 0 Å². The van der Waals surface area contributed by atoms with Crippen LogP contribution in [-0.2, 0) is 6.42 Å². The van der Waals surface area contributed by atoms with Gasteiger partial charge in [0, 0.05) is 6.42 Å². The summed E-state index contributed by atoms with van der Waals surface area (Å²) in [6.45, 7) is 5.66. The summed E-state index contributed by atoms with van der Waals surface area (Å²) >= 11 is 1.41. The fourth-order valence-electron chi connectivity index (χ4n) is 1.64. The Hall–Kier alpha value is -1.69. The van der Waals surface area contributed by atoms with Crippen molar-refractivity contribution in [2.75, 3.05) is 5.32 Å². The van der Waals surface area contributed by atoms with Gasteiger partial charge in [0.1, 0.15) is 16.5 Å². The maximum absolute atomic E-state index is 12.0. The largest absolute Gasteiger partial charge is 0.466 e. The van der Waals surface area contributed by atoms with Crippen LogP contribution in [0.5, 0.6) is 0 Å². The van der Waals surface area contributed by atoms with Gasteiger partial charge in [-0.15, -0.1) is 10.2 Å². The van der Waals surface area contributed by atoms with Crippen LogP contribution in [-0.4, -0.2) is 16.1 Å². The summed E-state index contributed by atoms with van der Waals surface area (Å²) in [5.74, 6) is 1.13. The smallest absolute Gasteiger partial charge is 0.261 e. The van der Waals surface area contributed by atoms with Crippen LogP contribution in [0.2, 0.25) is 0 Å². The predicted molar refractivity (Wildman–Crippen MR) is 70.0 cm³/mol. The quantitative estimate of drug-likeness (QED) is 0.922. The third-order valence-electron chi connectivity index (χ3n) is 2.44. The van der Waals surface area contributed by atoms with Crippen LogP contribution < -0.4 is 5.32 Å². The second kappa shape index (κ2) is 5.30. The van der Waals surface area contributed by atoms with E-state index < -0.39 is 0 Å². The van der Waals surface area contributed by atoms with E-state index >= 15 is 0 Å². The number of carbonyl (C=O) groups excluding carboxylic acids is 1. The van der Waals surface area contributed by atoms with Crippen molar-refractivity contribution in [3.63, 3.8) is 0 Å². The van der Waals surface area contributed by atoms with Gasteiger partial charge >= 0.3 is 0 Å². The average molecular weight is 265 g/mol. The van der Waals surface area contributed by atoms with E-state index in [0.29, 0.717) is 16.5 Å². The Kier molecular flexibility index (Phi) is 3.76. The zero-order valence-corrected chi connectivity index (χ0v) is 11.4. The highest BCUT2D eigenvalue weighted by Crippen LogP contribution is 2.19. The molecule has 0 aliphatic rings. The van der Waals surface area contributed by atoms with Gasteiger partial charge in [0.2, 0.25) is 5.13 Å². The molecule has 0 unspecified atom stereocenters. The molecule has 0 radical (unpaired) electrons. The Morgan fingerprint density at radius 2 is 2.22 bits per heavy atom. The molecule has 2 heterocycles. The second-order valence-corrected chi connectivity index (χ2v) is 5.09. The maximum Gasteiger partial charge on any atom is 0.261 e. The van der Waals surface area contributed by atoms with Crippen molar-refractivity contribution >= 4 is 22.4 Å². The first-order valence-corrected chi connectivity index (χ1v) is 6.62. The molecule has 0 atom stereocenters. The van der Waals surface area contributed by atoms with Crippen LogP contribution >= 0.6 is 11.3 Å². The fourth-order valence-corrected chi connectivity index (χ4v) is 2.48. The highest BCUT2D eigenvalue weighted by Gasteiger charge is 2.15. The number of rotatable bonds is 4. The first kappa shape index (κ1) is 12.8. The molecule has 0 fully saturated rings. The number of amides is 1. The van der Waals surface area contributed by atoms with Gasteiger partial charge in [-0.05, 0) is 26.3 Å². The van der Waals surface area contributed by atoms with Crippen LogP contribution in [0.3, 0.4) is 0 Å². The molecule has 0 aromatic carbocycles. The summed E-state index contributed by atoms with van der Waals surface area (Å²) in [5, 5.41) is 12.2. The Bertz CT molecular complexity index is 559. The fraction of sp³-hybridized carbons (Fsp3) is 0.417. The van der Waals surface area contributed by atoms with E-state index in [2.05, 4.69) is 22.4 Å². The number of furan rings is 1. The third-order valence-corrected chi connectivity index (χ3v) is 3.34. The Morgan fingerprint density at radius 1 is 1.44 bits per heavy atom. The van der Waals surface area contributed by atoms with Gasteiger partial charge in [0.15, 0.2) is 0 Å². The summed E-state index contributed by atoms with van der Waals surface area (Å²) in [4.78, 5) is 12.0. The molecule has 96 valence electrons. The maximum atomic E-state index is 12.0. The van der Waals surface area contributed by atoms with E-state index in [0.717, 1.165) is 23.6 Å². The van der Waals surface area contributed by atoms with E-state index in [1.165, 1.54) is 11.3 Å². The van der Waals surface area contributed by atoms with Crippen molar-refractivity contribution in [1.82, 2.24) is 10.2 Å². The summed E-state index contributed by atoms with van der Waals surface area (Å²) in [6, 6.07) is 1.72. The molecule has 2 rings (SSSR count). The molecular weight excluding hydrogens is 250 g/mol. The molecule has 0 saturated heterocycles. The van der Waals surface area contributed by atoms with E-state index in [1.807, 2.05) is 6.92 Å². The summed E-state index contributed by atoms with van der Waals surface area (Å²) in [7, 11) is 0. The van der Waals surface area contributed by atoms with Gasteiger partial charge in [0.05, 0.1) is 5.56 Å². The van der Waals surface area contributed by atoms with Gasteiger partial charge in [-0.3, -0.25) is 10.1 Å². The lowest BCUT2D eigenvalue weighted by molar-refractivity contribution is 0.102. The first-order valence-electron chi connectivity index (χ1n) is 5.81. The highest BCUT2D eigenvalue weighted by molar-refractivity contribution is 7.15. The van der Waals surface area contributed by atoms with Crippen LogP contribution in [0.4, 0.5) is 5.13 Å². The lowest BCUT2D eigenvalue weighted by Gasteiger charge is -1.98. The summed E-state index contributed by atoms with van der Waals surface area (Å²) in [6.07, 6.45) is 1.90. The minimum atomic E-state index is -0.205. The van der Waals surface area contributed by atoms with Crippen molar-refractivity contribution in [2.45, 2.75) is 33.6 Å². The van der Waals surface area contributed by atoms with Gasteiger partial charge < -0.3 is 4.42 Å². The molecule has 0 aliphatic carbocycles. The third kappa shape index (κ3) is 2.76. The van der Waals surface area contributed by atoms with Crippen LogP contribution in [0.15, 0.2) is 10.5 Å². The highest BCUT2D eigenvalue weighted by atomic mass is 32.1. The van der Waals surface area contributed by atoms with Crippen molar-refractivity contribution < 1.29 is 9.21 Å². The second-order valence-electron chi connectivity index (χ2n) is 4.03. The molecule has 0 bridgehead atoms. The molecule has 0 saturated carbocycles. The summed E-state index contributed by atoms with van der Waals surface area (Å²) in [5.41, 5.74) is 0.541. The Balaban J connectivity index is 2.08. The van der Waals surface area contributed by atoms with Crippen molar-refractivity contribution in [1.29, 1.82) is 0 Å². The molecule has 0 spiro atoms. The van der Waals surface area contributed by atoms with Gasteiger partial charge in [0.25, 0.3) is 5.91 Å². The standard InChI is InChI=1S/C12H15N3O2S/c1-4-5-10-14-15-12(18-10)13-11(16)9-6-7(2)17-8(9)3/h6H,4-5H2,1-3H3,(H,13,15,16). The normalized spacial score (nSPS) is 10.6. The number of anilines is 1.